The summed E-state index contributed by atoms with van der Waals surface area (Å²) in [7, 11) is 0. The van der Waals surface area contributed by atoms with E-state index in [1.807, 2.05) is 0 Å². The van der Waals surface area contributed by atoms with Crippen molar-refractivity contribution in [2.24, 2.45) is 28.1 Å². The van der Waals surface area contributed by atoms with Crippen LogP contribution in [0.4, 0.5) is 0 Å². The molecule has 0 aliphatic heterocycles. The van der Waals surface area contributed by atoms with Gasteiger partial charge in [0.1, 0.15) is 0 Å². The lowest BCUT2D eigenvalue weighted by Gasteiger charge is -2.67. The van der Waals surface area contributed by atoms with Crippen LogP contribution in [0, 0.1) is 35.0 Å². The average molecular weight is 679 g/mol. The molecule has 6 rings (SSSR count). The number of benzene rings is 2. The van der Waals surface area contributed by atoms with Crippen LogP contribution in [0.3, 0.4) is 0 Å². The third-order valence-electron chi connectivity index (χ3n) is 15.5. The first kappa shape index (κ1) is 37.4. The van der Waals surface area contributed by atoms with Crippen molar-refractivity contribution in [3.8, 4) is 0 Å². The SMILES string of the molecule is C=C(CCC1CCCC1)CC(C(=C)Cc1ccccc1)c1ccc(C)c2c1[C@@H](C)[C@@]1(C)C(=C(C)[C@@]3(C)C(=C)C(C(=C)C)=C(C)C[C@@]3(C)[C@@H]1C)C2=C. The summed E-state index contributed by atoms with van der Waals surface area (Å²) in [5, 5.41) is 0. The van der Waals surface area contributed by atoms with Crippen molar-refractivity contribution in [3.63, 3.8) is 0 Å². The maximum absolute atomic E-state index is 5.04. The Balaban J connectivity index is 1.51. The fourth-order valence-corrected chi connectivity index (χ4v) is 12.1. The van der Waals surface area contributed by atoms with E-state index in [1.54, 1.807) is 0 Å². The van der Waals surface area contributed by atoms with Gasteiger partial charge in [-0.05, 0) is 133 Å². The van der Waals surface area contributed by atoms with Gasteiger partial charge in [0.05, 0.1) is 0 Å². The van der Waals surface area contributed by atoms with E-state index in [4.69, 9.17) is 26.3 Å². The van der Waals surface area contributed by atoms with Gasteiger partial charge in [-0.2, -0.15) is 0 Å². The van der Waals surface area contributed by atoms with E-state index in [2.05, 4.69) is 111 Å². The van der Waals surface area contributed by atoms with Crippen LogP contribution < -0.4 is 0 Å². The largest absolute Gasteiger partial charge is 0.0998 e. The molecule has 0 bridgehead atoms. The second-order valence-electron chi connectivity index (χ2n) is 18.1. The standard InChI is InChI=1S/C51H66/c1-31(2)45-35(6)30-49(12)40(11)50(13)37(8)47-43(27-25-33(4)46(47)36(7)48(50)39(10)51(49,14)38(45)9)44(34(5)29-42-22-16-15-17-23-42)28-32(3)24-26-41-20-18-19-21-41/h15-17,22-23,25,27,37,40-41,44H,1,3,5,7,9,18-21,24,26,28-30H2,2,4,6,8,10-14H3/t37-,40+,44?,49+,50-,51-/m1/s1. The first-order valence-corrected chi connectivity index (χ1v) is 20.0. The van der Waals surface area contributed by atoms with Gasteiger partial charge in [-0.15, -0.1) is 0 Å². The van der Waals surface area contributed by atoms with Gasteiger partial charge in [-0.1, -0.05) is 164 Å². The van der Waals surface area contributed by atoms with Gasteiger partial charge >= 0.3 is 0 Å². The van der Waals surface area contributed by atoms with Crippen LogP contribution in [0.5, 0.6) is 0 Å². The molecule has 1 fully saturated rings. The molecule has 0 N–H and O–H groups in total. The number of allylic oxidation sites excluding steroid dienone is 9. The Labute approximate surface area is 312 Å². The number of aryl methyl sites for hydroxylation is 1. The lowest BCUT2D eigenvalue weighted by Crippen LogP contribution is -2.58. The quantitative estimate of drug-likeness (QED) is 0.219. The van der Waals surface area contributed by atoms with Crippen LogP contribution in [0.1, 0.15) is 146 Å². The lowest BCUT2D eigenvalue weighted by atomic mass is 9.36. The Morgan fingerprint density at radius 3 is 2.18 bits per heavy atom. The Morgan fingerprint density at radius 1 is 0.902 bits per heavy atom. The maximum Gasteiger partial charge on any atom is 0.0196 e. The third-order valence-corrected chi connectivity index (χ3v) is 15.5. The normalized spacial score (nSPS) is 29.8. The molecule has 6 atom stereocenters. The highest BCUT2D eigenvalue weighted by Crippen LogP contribution is 2.74. The molecule has 270 valence electrons. The van der Waals surface area contributed by atoms with E-state index in [9.17, 15) is 0 Å². The molecule has 2 aromatic rings. The van der Waals surface area contributed by atoms with E-state index in [1.165, 1.54) is 105 Å². The summed E-state index contributed by atoms with van der Waals surface area (Å²) in [6.07, 6.45) is 10.9. The Hall–Kier alpha value is -3.38. The summed E-state index contributed by atoms with van der Waals surface area (Å²) < 4.78 is 0. The van der Waals surface area contributed by atoms with Crippen molar-refractivity contribution < 1.29 is 0 Å². The molecule has 0 aromatic heterocycles. The molecular weight excluding hydrogens is 613 g/mol. The molecule has 4 aliphatic carbocycles. The van der Waals surface area contributed by atoms with Crippen LogP contribution in [0.25, 0.3) is 5.57 Å². The van der Waals surface area contributed by atoms with Crippen LogP contribution in [0.2, 0.25) is 0 Å². The van der Waals surface area contributed by atoms with Gasteiger partial charge < -0.3 is 0 Å². The minimum absolute atomic E-state index is 0.00366. The summed E-state index contributed by atoms with van der Waals surface area (Å²) in [6.45, 7) is 45.9. The highest BCUT2D eigenvalue weighted by Gasteiger charge is 2.65. The molecule has 0 nitrogen and oxygen atoms in total. The predicted molar refractivity (Wildman–Crippen MR) is 223 cm³/mol. The fourth-order valence-electron chi connectivity index (χ4n) is 12.1. The monoisotopic (exact) mass is 679 g/mol. The van der Waals surface area contributed by atoms with Crippen LogP contribution >= 0.6 is 0 Å². The molecule has 1 unspecified atom stereocenters. The molecule has 0 radical (unpaired) electrons. The van der Waals surface area contributed by atoms with E-state index < -0.39 is 0 Å². The van der Waals surface area contributed by atoms with E-state index in [-0.39, 0.29) is 22.2 Å². The van der Waals surface area contributed by atoms with E-state index in [0.717, 1.165) is 37.2 Å². The second-order valence-corrected chi connectivity index (χ2v) is 18.1. The van der Waals surface area contributed by atoms with Crippen molar-refractivity contribution in [2.45, 2.75) is 132 Å². The molecule has 0 heteroatoms. The van der Waals surface area contributed by atoms with Gasteiger partial charge in [0.25, 0.3) is 0 Å². The van der Waals surface area contributed by atoms with Crippen LogP contribution in [0.15, 0.2) is 120 Å². The zero-order chi connectivity index (χ0) is 37.2. The van der Waals surface area contributed by atoms with Crippen molar-refractivity contribution >= 4 is 5.57 Å². The highest BCUT2D eigenvalue weighted by molar-refractivity contribution is 5.88. The van der Waals surface area contributed by atoms with E-state index in [0.29, 0.717) is 11.8 Å². The summed E-state index contributed by atoms with van der Waals surface area (Å²) in [4.78, 5) is 0. The smallest absolute Gasteiger partial charge is 0.0196 e. The predicted octanol–water partition coefficient (Wildman–Crippen LogP) is 14.8. The summed E-state index contributed by atoms with van der Waals surface area (Å²) >= 11 is 0. The number of hydrogen-bond donors (Lipinski definition) is 0. The zero-order valence-electron chi connectivity index (χ0n) is 33.8. The molecule has 0 heterocycles. The molecule has 1 saturated carbocycles. The fraction of sp³-hybridized carbons (Fsp3) is 0.490. The zero-order valence-corrected chi connectivity index (χ0v) is 33.8. The number of fused-ring (bicyclic) bond motifs is 3. The second kappa shape index (κ2) is 13.5. The van der Waals surface area contributed by atoms with Gasteiger partial charge in [-0.25, -0.2) is 0 Å². The first-order chi connectivity index (χ1) is 24.0. The Morgan fingerprint density at radius 2 is 1.55 bits per heavy atom. The summed E-state index contributed by atoms with van der Waals surface area (Å²) in [5.41, 5.74) is 18.6. The molecule has 0 amide bonds. The average Bonchev–Trinajstić information content (AvgIpc) is 3.61. The topological polar surface area (TPSA) is 0 Å². The van der Waals surface area contributed by atoms with Crippen molar-refractivity contribution in [1.29, 1.82) is 0 Å². The number of rotatable bonds is 10. The highest BCUT2D eigenvalue weighted by atomic mass is 14.7. The third kappa shape index (κ3) is 5.70. The molecular formula is C51H66. The molecule has 51 heavy (non-hydrogen) atoms. The van der Waals surface area contributed by atoms with E-state index >= 15 is 0 Å². The lowest BCUT2D eigenvalue weighted by molar-refractivity contribution is -0.0262. The first-order valence-electron chi connectivity index (χ1n) is 20.0. The molecule has 2 aromatic carbocycles. The van der Waals surface area contributed by atoms with Crippen molar-refractivity contribution in [1.82, 2.24) is 0 Å². The van der Waals surface area contributed by atoms with Crippen LogP contribution in [-0.2, 0) is 6.42 Å². The van der Waals surface area contributed by atoms with Crippen molar-refractivity contribution in [3.05, 3.63) is 148 Å². The van der Waals surface area contributed by atoms with Crippen molar-refractivity contribution in [2.75, 3.05) is 0 Å². The molecule has 0 saturated heterocycles. The van der Waals surface area contributed by atoms with Gasteiger partial charge in [0.2, 0.25) is 0 Å². The Kier molecular flexibility index (Phi) is 9.93. The summed E-state index contributed by atoms with van der Waals surface area (Å²) in [6, 6.07) is 15.8. The van der Waals surface area contributed by atoms with Gasteiger partial charge in [0.15, 0.2) is 0 Å². The van der Waals surface area contributed by atoms with Gasteiger partial charge in [-0.3, -0.25) is 0 Å². The maximum atomic E-state index is 5.04. The summed E-state index contributed by atoms with van der Waals surface area (Å²) in [5.74, 6) is 1.76. The molecule has 0 spiro atoms. The minimum atomic E-state index is -0.190. The van der Waals surface area contributed by atoms with Crippen LogP contribution in [-0.4, -0.2) is 0 Å². The Bertz CT molecular complexity index is 1860. The van der Waals surface area contributed by atoms with Gasteiger partial charge in [0, 0.05) is 16.7 Å². The number of hydrogen-bond acceptors (Lipinski definition) is 0. The molecule has 4 aliphatic rings. The minimum Gasteiger partial charge on any atom is -0.0998 e.